The summed E-state index contributed by atoms with van der Waals surface area (Å²) in [4.78, 5) is 21.0. The summed E-state index contributed by atoms with van der Waals surface area (Å²) in [6.07, 6.45) is 0.947. The van der Waals surface area contributed by atoms with Gasteiger partial charge in [0.05, 0.1) is 23.6 Å². The number of nitrogens with two attached hydrogens (primary N) is 1. The number of hydrogen-bond acceptors (Lipinski definition) is 5. The number of carbonyl (C=O) groups excluding carboxylic acids is 1. The summed E-state index contributed by atoms with van der Waals surface area (Å²) in [5, 5.41) is 2.81. The number of nitrogens with one attached hydrogen (secondary N) is 1. The number of benzene rings is 1. The number of para-hydroxylation sites is 1. The normalized spacial score (nSPS) is 10.8. The minimum Gasteiger partial charge on any atom is -0.493 e. The summed E-state index contributed by atoms with van der Waals surface area (Å²) in [5.74, 6) is 1.16. The van der Waals surface area contributed by atoms with Crippen LogP contribution in [0.2, 0.25) is 0 Å². The smallest absolute Gasteiger partial charge is 0.255 e. The molecule has 0 saturated heterocycles. The molecule has 0 radical (unpaired) electrons. The molecule has 0 aliphatic heterocycles. The van der Waals surface area contributed by atoms with Crippen molar-refractivity contribution in [3.8, 4) is 17.0 Å². The lowest BCUT2D eigenvalue weighted by Crippen LogP contribution is -2.25. The summed E-state index contributed by atoms with van der Waals surface area (Å²) in [6.45, 7) is 9.05. The Hall–Kier alpha value is -2.63. The molecule has 1 amide bonds. The topological polar surface area (TPSA) is 90.1 Å². The molecule has 0 spiro atoms. The molecule has 2 rings (SSSR count). The number of anilines is 1. The molecule has 6 nitrogen and oxygen atoms in total. The number of ether oxygens (including phenoxy) is 1. The van der Waals surface area contributed by atoms with Crippen LogP contribution >= 0.6 is 0 Å². The number of nitrogens with zero attached hydrogens (tertiary/aromatic N) is 2. The van der Waals surface area contributed by atoms with Crippen LogP contribution in [0.3, 0.4) is 0 Å². The van der Waals surface area contributed by atoms with Crippen molar-refractivity contribution in [3.63, 3.8) is 0 Å². The van der Waals surface area contributed by atoms with E-state index in [1.54, 1.807) is 6.92 Å². The van der Waals surface area contributed by atoms with Gasteiger partial charge in [-0.15, -0.1) is 0 Å². The molecule has 3 N–H and O–H groups in total. The molecule has 0 aliphatic carbocycles. The van der Waals surface area contributed by atoms with E-state index in [1.165, 1.54) is 0 Å². The number of aromatic nitrogens is 2. The Kier molecular flexibility index (Phi) is 6.33. The molecule has 2 aromatic rings. The second kappa shape index (κ2) is 8.46. The summed E-state index contributed by atoms with van der Waals surface area (Å²) in [5.41, 5.74) is 8.05. The van der Waals surface area contributed by atoms with Crippen molar-refractivity contribution in [2.24, 2.45) is 5.92 Å². The third-order valence-corrected chi connectivity index (χ3v) is 3.77. The third-order valence-electron chi connectivity index (χ3n) is 3.77. The lowest BCUT2D eigenvalue weighted by Gasteiger charge is -2.16. The van der Waals surface area contributed by atoms with Crippen LogP contribution < -0.4 is 15.8 Å². The van der Waals surface area contributed by atoms with Crippen molar-refractivity contribution in [2.75, 3.05) is 18.9 Å². The number of aryl methyl sites for hydroxylation is 1. The SMILES string of the molecule is CCNC(=O)c1c(C)nc(N)nc1-c1ccccc1OCCC(C)C. The van der Waals surface area contributed by atoms with Crippen LogP contribution in [-0.2, 0) is 0 Å². The zero-order valence-electron chi connectivity index (χ0n) is 15.3. The lowest BCUT2D eigenvalue weighted by atomic mass is 10.0. The third kappa shape index (κ3) is 4.68. The average molecular weight is 342 g/mol. The highest BCUT2D eigenvalue weighted by Crippen LogP contribution is 2.32. The molecule has 0 unspecified atom stereocenters. The van der Waals surface area contributed by atoms with Crippen LogP contribution in [-0.4, -0.2) is 29.0 Å². The Bertz CT molecular complexity index is 744. The predicted octanol–water partition coefficient (Wildman–Crippen LogP) is 3.21. The molecule has 0 fully saturated rings. The molecule has 6 heteroatoms. The van der Waals surface area contributed by atoms with E-state index in [9.17, 15) is 4.79 Å². The highest BCUT2D eigenvalue weighted by atomic mass is 16.5. The standard InChI is InChI=1S/C19H26N4O2/c1-5-21-18(24)16-13(4)22-19(20)23-17(16)14-8-6-7-9-15(14)25-11-10-12(2)3/h6-9,12H,5,10-11H2,1-4H3,(H,21,24)(H2,20,22,23). The molecule has 25 heavy (non-hydrogen) atoms. The van der Waals surface area contributed by atoms with Crippen molar-refractivity contribution in [3.05, 3.63) is 35.5 Å². The average Bonchev–Trinajstić information content (AvgIpc) is 2.54. The number of rotatable bonds is 7. The second-order valence-corrected chi connectivity index (χ2v) is 6.28. The maximum atomic E-state index is 12.5. The Labute approximate surface area is 148 Å². The highest BCUT2D eigenvalue weighted by Gasteiger charge is 2.21. The molecule has 0 saturated carbocycles. The maximum absolute atomic E-state index is 12.5. The van der Waals surface area contributed by atoms with Gasteiger partial charge >= 0.3 is 0 Å². The van der Waals surface area contributed by atoms with Crippen LogP contribution in [0, 0.1) is 12.8 Å². The van der Waals surface area contributed by atoms with Gasteiger partial charge in [-0.05, 0) is 38.3 Å². The molecule has 1 aromatic heterocycles. The number of hydrogen-bond donors (Lipinski definition) is 2. The maximum Gasteiger partial charge on any atom is 0.255 e. The fraction of sp³-hybridized carbons (Fsp3) is 0.421. The molecule has 1 aromatic carbocycles. The van der Waals surface area contributed by atoms with Gasteiger partial charge in [-0.25, -0.2) is 9.97 Å². The van der Waals surface area contributed by atoms with E-state index in [0.717, 1.165) is 12.0 Å². The van der Waals surface area contributed by atoms with Gasteiger partial charge in [0.2, 0.25) is 5.95 Å². The van der Waals surface area contributed by atoms with E-state index >= 15 is 0 Å². The first-order chi connectivity index (χ1) is 11.9. The zero-order chi connectivity index (χ0) is 18.4. The van der Waals surface area contributed by atoms with Crippen LogP contribution in [0.25, 0.3) is 11.3 Å². The van der Waals surface area contributed by atoms with E-state index < -0.39 is 0 Å². The van der Waals surface area contributed by atoms with Gasteiger partial charge in [0.25, 0.3) is 5.91 Å². The highest BCUT2D eigenvalue weighted by molar-refractivity contribution is 6.01. The first-order valence-corrected chi connectivity index (χ1v) is 8.58. The predicted molar refractivity (Wildman–Crippen MR) is 99.6 cm³/mol. The van der Waals surface area contributed by atoms with E-state index in [1.807, 2.05) is 31.2 Å². The van der Waals surface area contributed by atoms with Gasteiger partial charge in [-0.2, -0.15) is 0 Å². The summed E-state index contributed by atoms with van der Waals surface area (Å²) >= 11 is 0. The first kappa shape index (κ1) is 18.7. The van der Waals surface area contributed by atoms with Gasteiger partial charge < -0.3 is 15.8 Å². The van der Waals surface area contributed by atoms with Crippen molar-refractivity contribution in [2.45, 2.75) is 34.1 Å². The molecule has 0 bridgehead atoms. The van der Waals surface area contributed by atoms with Gasteiger partial charge in [-0.3, -0.25) is 4.79 Å². The minimum atomic E-state index is -0.216. The molecular formula is C19H26N4O2. The monoisotopic (exact) mass is 342 g/mol. The van der Waals surface area contributed by atoms with Crippen molar-refractivity contribution >= 4 is 11.9 Å². The second-order valence-electron chi connectivity index (χ2n) is 6.28. The molecule has 134 valence electrons. The van der Waals surface area contributed by atoms with Crippen LogP contribution in [0.15, 0.2) is 24.3 Å². The number of amides is 1. The summed E-state index contributed by atoms with van der Waals surface area (Å²) < 4.78 is 5.94. The van der Waals surface area contributed by atoms with E-state index in [-0.39, 0.29) is 11.9 Å². The van der Waals surface area contributed by atoms with E-state index in [2.05, 4.69) is 29.1 Å². The fourth-order valence-electron chi connectivity index (χ4n) is 2.50. The minimum absolute atomic E-state index is 0.137. The largest absolute Gasteiger partial charge is 0.493 e. The van der Waals surface area contributed by atoms with Crippen molar-refractivity contribution < 1.29 is 9.53 Å². The van der Waals surface area contributed by atoms with E-state index in [4.69, 9.17) is 10.5 Å². The van der Waals surface area contributed by atoms with E-state index in [0.29, 0.717) is 41.8 Å². The zero-order valence-corrected chi connectivity index (χ0v) is 15.3. The first-order valence-electron chi connectivity index (χ1n) is 8.58. The van der Waals surface area contributed by atoms with Gasteiger partial charge in [0, 0.05) is 12.1 Å². The molecule has 0 atom stereocenters. The van der Waals surface area contributed by atoms with Crippen molar-refractivity contribution in [1.82, 2.24) is 15.3 Å². The Morgan fingerprint density at radius 2 is 2.00 bits per heavy atom. The summed E-state index contributed by atoms with van der Waals surface area (Å²) in [6, 6.07) is 7.55. The fourth-order valence-corrected chi connectivity index (χ4v) is 2.50. The molecule has 1 heterocycles. The lowest BCUT2D eigenvalue weighted by molar-refractivity contribution is 0.0955. The summed E-state index contributed by atoms with van der Waals surface area (Å²) in [7, 11) is 0. The number of carbonyl (C=O) groups is 1. The van der Waals surface area contributed by atoms with Gasteiger partial charge in [0.1, 0.15) is 5.75 Å². The molecular weight excluding hydrogens is 316 g/mol. The quantitative estimate of drug-likeness (QED) is 0.806. The Morgan fingerprint density at radius 3 is 2.68 bits per heavy atom. The Balaban J connectivity index is 2.49. The van der Waals surface area contributed by atoms with Crippen LogP contribution in [0.1, 0.15) is 43.2 Å². The van der Waals surface area contributed by atoms with Gasteiger partial charge in [-0.1, -0.05) is 26.0 Å². The van der Waals surface area contributed by atoms with Crippen LogP contribution in [0.5, 0.6) is 5.75 Å². The number of nitrogen functional groups attached to an aromatic ring is 1. The molecule has 0 aliphatic rings. The van der Waals surface area contributed by atoms with Crippen molar-refractivity contribution in [1.29, 1.82) is 0 Å². The van der Waals surface area contributed by atoms with Crippen LogP contribution in [0.4, 0.5) is 5.95 Å². The van der Waals surface area contributed by atoms with Gasteiger partial charge in [0.15, 0.2) is 0 Å². The Morgan fingerprint density at radius 1 is 1.28 bits per heavy atom.